The highest BCUT2D eigenvalue weighted by Crippen LogP contribution is 2.44. The van der Waals surface area contributed by atoms with Crippen molar-refractivity contribution in [2.24, 2.45) is 0 Å². The zero-order valence-corrected chi connectivity index (χ0v) is 19.6. The van der Waals surface area contributed by atoms with Crippen LogP contribution in [0.25, 0.3) is 17.2 Å². The first kappa shape index (κ1) is 24.0. The van der Waals surface area contributed by atoms with Gasteiger partial charge in [-0.3, -0.25) is 9.59 Å². The van der Waals surface area contributed by atoms with Gasteiger partial charge >= 0.3 is 6.09 Å². The Labute approximate surface area is 205 Å². The lowest BCUT2D eigenvalue weighted by molar-refractivity contribution is -0.124. The van der Waals surface area contributed by atoms with E-state index in [9.17, 15) is 14.4 Å². The minimum absolute atomic E-state index is 0.0447. The molecule has 0 saturated heterocycles. The summed E-state index contributed by atoms with van der Waals surface area (Å²) in [5.41, 5.74) is 6.39. The fraction of sp³-hybridized carbons (Fsp3) is 0.207. The number of carbonyl (C=O) groups is 3. The number of ether oxygens (including phenoxy) is 1. The molecule has 0 aliphatic heterocycles. The second kappa shape index (κ2) is 11.3. The zero-order chi connectivity index (χ0) is 24.6. The van der Waals surface area contributed by atoms with E-state index in [-0.39, 0.29) is 24.0 Å². The zero-order valence-electron chi connectivity index (χ0n) is 19.6. The van der Waals surface area contributed by atoms with Crippen LogP contribution in [0.2, 0.25) is 0 Å². The quantitative estimate of drug-likeness (QED) is 0.319. The fourth-order valence-electron chi connectivity index (χ4n) is 4.24. The molecule has 0 atom stereocenters. The van der Waals surface area contributed by atoms with Crippen LogP contribution in [0.15, 0.2) is 78.9 Å². The maximum atomic E-state index is 12.2. The molecule has 0 spiro atoms. The van der Waals surface area contributed by atoms with Crippen LogP contribution >= 0.6 is 0 Å². The van der Waals surface area contributed by atoms with Gasteiger partial charge in [-0.15, -0.1) is 0 Å². The van der Waals surface area contributed by atoms with E-state index in [1.54, 1.807) is 12.1 Å². The van der Waals surface area contributed by atoms with Crippen LogP contribution in [0, 0.1) is 0 Å². The van der Waals surface area contributed by atoms with Gasteiger partial charge in [-0.1, -0.05) is 72.8 Å². The molecule has 0 unspecified atom stereocenters. The van der Waals surface area contributed by atoms with Crippen LogP contribution in [0.1, 0.15) is 42.4 Å². The average molecular weight is 469 g/mol. The van der Waals surface area contributed by atoms with Gasteiger partial charge in [-0.2, -0.15) is 0 Å². The third-order valence-corrected chi connectivity index (χ3v) is 5.84. The Morgan fingerprint density at radius 2 is 1.51 bits per heavy atom. The van der Waals surface area contributed by atoms with Gasteiger partial charge in [-0.25, -0.2) is 4.79 Å². The van der Waals surface area contributed by atoms with Gasteiger partial charge in [0.2, 0.25) is 5.91 Å². The minimum Gasteiger partial charge on any atom is -0.449 e. The van der Waals surface area contributed by atoms with Crippen molar-refractivity contribution < 1.29 is 19.1 Å². The molecule has 0 heterocycles. The number of amides is 2. The predicted molar refractivity (Wildman–Crippen MR) is 137 cm³/mol. The molecule has 6 nitrogen and oxygen atoms in total. The highest BCUT2D eigenvalue weighted by atomic mass is 16.5. The lowest BCUT2D eigenvalue weighted by Gasteiger charge is -2.14. The van der Waals surface area contributed by atoms with Crippen LogP contribution < -0.4 is 10.6 Å². The van der Waals surface area contributed by atoms with Crippen molar-refractivity contribution in [2.45, 2.75) is 25.7 Å². The number of rotatable bonds is 9. The molecule has 35 heavy (non-hydrogen) atoms. The second-order valence-corrected chi connectivity index (χ2v) is 8.49. The summed E-state index contributed by atoms with van der Waals surface area (Å²) in [5, 5.41) is 5.49. The Morgan fingerprint density at radius 3 is 2.14 bits per heavy atom. The first-order valence-corrected chi connectivity index (χ1v) is 11.7. The number of hydrogen-bond acceptors (Lipinski definition) is 4. The number of benzene rings is 3. The molecule has 0 aromatic heterocycles. The van der Waals surface area contributed by atoms with E-state index in [2.05, 4.69) is 34.9 Å². The van der Waals surface area contributed by atoms with E-state index in [0.717, 1.165) is 5.56 Å². The summed E-state index contributed by atoms with van der Waals surface area (Å²) in [6.07, 6.45) is 4.01. The van der Waals surface area contributed by atoms with Gasteiger partial charge in [0.25, 0.3) is 0 Å². The molecular formula is C29H28N2O4. The highest BCUT2D eigenvalue weighted by Gasteiger charge is 2.28. The Hall–Kier alpha value is -4.19. The standard InChI is InChI=1S/C29H28N2O4/c1-20(32)18-28(33)31-22-15-13-21(14-16-22)8-6-7-17-30-29(34)35-19-27-25-11-4-2-9-23(25)24-10-3-5-12-26(24)27/h2-6,8-16,27H,7,17-19H2,1H3,(H,30,34)(H,31,33). The topological polar surface area (TPSA) is 84.5 Å². The first-order valence-electron chi connectivity index (χ1n) is 11.7. The predicted octanol–water partition coefficient (Wildman–Crippen LogP) is 5.55. The van der Waals surface area contributed by atoms with Crippen molar-refractivity contribution in [1.29, 1.82) is 0 Å². The Bertz CT molecular complexity index is 1200. The van der Waals surface area contributed by atoms with Crippen LogP contribution in [0.5, 0.6) is 0 Å². The highest BCUT2D eigenvalue weighted by molar-refractivity contribution is 6.03. The molecule has 178 valence electrons. The molecule has 0 fully saturated rings. The van der Waals surface area contributed by atoms with Crippen molar-refractivity contribution in [3.05, 3.63) is 95.6 Å². The van der Waals surface area contributed by atoms with E-state index in [1.165, 1.54) is 29.2 Å². The number of alkyl carbamates (subject to hydrolysis) is 1. The van der Waals surface area contributed by atoms with Crippen LogP contribution in [0.4, 0.5) is 10.5 Å². The average Bonchev–Trinajstić information content (AvgIpc) is 3.17. The van der Waals surface area contributed by atoms with E-state index in [0.29, 0.717) is 25.3 Å². The molecule has 1 aliphatic rings. The van der Waals surface area contributed by atoms with Gasteiger partial charge in [0, 0.05) is 18.2 Å². The summed E-state index contributed by atoms with van der Waals surface area (Å²) in [6.45, 7) is 2.15. The molecular weight excluding hydrogens is 440 g/mol. The third-order valence-electron chi connectivity index (χ3n) is 5.84. The number of hydrogen-bond donors (Lipinski definition) is 2. The number of Topliss-reactive ketones (excluding diaryl/α,β-unsaturated/α-hetero) is 1. The van der Waals surface area contributed by atoms with Crippen molar-refractivity contribution >= 4 is 29.5 Å². The van der Waals surface area contributed by atoms with Gasteiger partial charge in [0.1, 0.15) is 12.4 Å². The van der Waals surface area contributed by atoms with Crippen LogP contribution in [-0.4, -0.2) is 30.9 Å². The molecule has 1 aliphatic carbocycles. The normalized spacial score (nSPS) is 12.1. The fourth-order valence-corrected chi connectivity index (χ4v) is 4.24. The monoisotopic (exact) mass is 468 g/mol. The Kier molecular flexibility index (Phi) is 7.73. The molecule has 3 aromatic rings. The molecule has 3 aromatic carbocycles. The Balaban J connectivity index is 1.20. The summed E-state index contributed by atoms with van der Waals surface area (Å²) in [5.74, 6) is -0.447. The lowest BCUT2D eigenvalue weighted by Crippen LogP contribution is -2.26. The molecule has 4 rings (SSSR count). The van der Waals surface area contributed by atoms with E-state index < -0.39 is 6.09 Å². The number of carbonyl (C=O) groups excluding carboxylic acids is 3. The van der Waals surface area contributed by atoms with E-state index >= 15 is 0 Å². The summed E-state index contributed by atoms with van der Waals surface area (Å²) >= 11 is 0. The molecule has 0 saturated carbocycles. The summed E-state index contributed by atoms with van der Waals surface area (Å²) in [7, 11) is 0. The van der Waals surface area contributed by atoms with Crippen LogP contribution in [0.3, 0.4) is 0 Å². The lowest BCUT2D eigenvalue weighted by atomic mass is 9.98. The SMILES string of the molecule is CC(=O)CC(=O)Nc1ccc(C=CCCNC(=O)OCC2c3ccccc3-c3ccccc32)cc1. The third kappa shape index (κ3) is 6.23. The molecule has 2 amide bonds. The minimum atomic E-state index is -0.425. The molecule has 2 N–H and O–H groups in total. The molecule has 6 heteroatoms. The second-order valence-electron chi connectivity index (χ2n) is 8.49. The van der Waals surface area contributed by atoms with E-state index in [4.69, 9.17) is 4.74 Å². The van der Waals surface area contributed by atoms with Gasteiger partial charge < -0.3 is 15.4 Å². The summed E-state index contributed by atoms with van der Waals surface area (Å²) in [6, 6.07) is 23.8. The van der Waals surface area contributed by atoms with Crippen molar-refractivity contribution in [3.8, 4) is 11.1 Å². The van der Waals surface area contributed by atoms with Gasteiger partial charge in [-0.05, 0) is 53.3 Å². The summed E-state index contributed by atoms with van der Waals surface area (Å²) in [4.78, 5) is 34.9. The van der Waals surface area contributed by atoms with Gasteiger partial charge in [0.05, 0.1) is 6.42 Å². The largest absolute Gasteiger partial charge is 0.449 e. The number of nitrogens with one attached hydrogen (secondary N) is 2. The Morgan fingerprint density at radius 1 is 0.886 bits per heavy atom. The molecule has 0 radical (unpaired) electrons. The summed E-state index contributed by atoms with van der Waals surface area (Å²) < 4.78 is 5.54. The van der Waals surface area contributed by atoms with Crippen molar-refractivity contribution in [2.75, 3.05) is 18.5 Å². The molecule has 0 bridgehead atoms. The maximum absolute atomic E-state index is 12.2. The number of fused-ring (bicyclic) bond motifs is 3. The van der Waals surface area contributed by atoms with Gasteiger partial charge in [0.15, 0.2) is 0 Å². The van der Waals surface area contributed by atoms with Crippen molar-refractivity contribution in [1.82, 2.24) is 5.32 Å². The smallest absolute Gasteiger partial charge is 0.407 e. The van der Waals surface area contributed by atoms with Crippen molar-refractivity contribution in [3.63, 3.8) is 0 Å². The number of anilines is 1. The van der Waals surface area contributed by atoms with E-state index in [1.807, 2.05) is 48.6 Å². The first-order chi connectivity index (χ1) is 17.0. The maximum Gasteiger partial charge on any atom is 0.407 e. The van der Waals surface area contributed by atoms with Crippen LogP contribution in [-0.2, 0) is 14.3 Å². The number of ketones is 1.